The highest BCUT2D eigenvalue weighted by Gasteiger charge is 2.18. The fourth-order valence-electron chi connectivity index (χ4n) is 1.74. The SMILES string of the molecule is C[C@H](OC(=O)COc1ccc(F)cc1Br)C(=O)NCc1ccco1. The van der Waals surface area contributed by atoms with E-state index in [2.05, 4.69) is 21.2 Å². The van der Waals surface area contributed by atoms with Crippen LogP contribution in [0.2, 0.25) is 0 Å². The third-order valence-electron chi connectivity index (χ3n) is 2.93. The molecule has 128 valence electrons. The van der Waals surface area contributed by atoms with Crippen LogP contribution in [0.3, 0.4) is 0 Å². The van der Waals surface area contributed by atoms with E-state index in [0.29, 0.717) is 16.0 Å². The summed E-state index contributed by atoms with van der Waals surface area (Å²) in [5, 5.41) is 2.58. The quantitative estimate of drug-likeness (QED) is 0.724. The Morgan fingerprint density at radius 2 is 2.17 bits per heavy atom. The van der Waals surface area contributed by atoms with Crippen molar-refractivity contribution in [2.24, 2.45) is 0 Å². The summed E-state index contributed by atoms with van der Waals surface area (Å²) in [4.78, 5) is 23.5. The van der Waals surface area contributed by atoms with Crippen molar-refractivity contribution in [1.82, 2.24) is 5.32 Å². The molecule has 0 spiro atoms. The van der Waals surface area contributed by atoms with Crippen LogP contribution >= 0.6 is 15.9 Å². The monoisotopic (exact) mass is 399 g/mol. The molecule has 0 saturated carbocycles. The number of halogens is 2. The van der Waals surface area contributed by atoms with Crippen LogP contribution in [0.15, 0.2) is 45.5 Å². The topological polar surface area (TPSA) is 77.8 Å². The van der Waals surface area contributed by atoms with E-state index in [4.69, 9.17) is 13.9 Å². The molecule has 0 bridgehead atoms. The fraction of sp³-hybridized carbons (Fsp3) is 0.250. The first-order valence-corrected chi connectivity index (χ1v) is 7.82. The van der Waals surface area contributed by atoms with Crippen LogP contribution in [0.25, 0.3) is 0 Å². The minimum atomic E-state index is -0.979. The molecule has 0 fully saturated rings. The molecule has 0 aliphatic rings. The second-order valence-electron chi connectivity index (χ2n) is 4.79. The summed E-state index contributed by atoms with van der Waals surface area (Å²) in [6.45, 7) is 1.25. The molecule has 8 heteroatoms. The molecule has 1 amide bonds. The number of nitrogens with one attached hydrogen (secondary N) is 1. The summed E-state index contributed by atoms with van der Waals surface area (Å²) < 4.78 is 28.6. The molecule has 1 aromatic heterocycles. The van der Waals surface area contributed by atoms with Gasteiger partial charge >= 0.3 is 5.97 Å². The molecule has 0 radical (unpaired) electrons. The number of hydrogen-bond donors (Lipinski definition) is 1. The van der Waals surface area contributed by atoms with E-state index in [0.717, 1.165) is 0 Å². The zero-order chi connectivity index (χ0) is 17.5. The van der Waals surface area contributed by atoms with Gasteiger partial charge in [-0.05, 0) is 53.2 Å². The normalized spacial score (nSPS) is 11.6. The molecule has 1 N–H and O–H groups in total. The van der Waals surface area contributed by atoms with Crippen molar-refractivity contribution in [3.63, 3.8) is 0 Å². The number of benzene rings is 1. The van der Waals surface area contributed by atoms with Gasteiger partial charge in [0.1, 0.15) is 17.3 Å². The molecule has 6 nitrogen and oxygen atoms in total. The van der Waals surface area contributed by atoms with E-state index in [1.54, 1.807) is 12.1 Å². The lowest BCUT2D eigenvalue weighted by Crippen LogP contribution is -2.36. The highest BCUT2D eigenvalue weighted by atomic mass is 79.9. The molecular weight excluding hydrogens is 385 g/mol. The Morgan fingerprint density at radius 3 is 2.83 bits per heavy atom. The molecule has 1 atom stereocenters. The largest absolute Gasteiger partial charge is 0.481 e. The van der Waals surface area contributed by atoms with Crippen LogP contribution in [-0.4, -0.2) is 24.6 Å². The van der Waals surface area contributed by atoms with E-state index in [9.17, 15) is 14.0 Å². The number of furan rings is 1. The lowest BCUT2D eigenvalue weighted by atomic mass is 10.3. The summed E-state index contributed by atoms with van der Waals surface area (Å²) >= 11 is 3.12. The Labute approximate surface area is 146 Å². The van der Waals surface area contributed by atoms with Gasteiger partial charge in [-0.2, -0.15) is 0 Å². The van der Waals surface area contributed by atoms with Crippen molar-refractivity contribution in [2.75, 3.05) is 6.61 Å². The maximum absolute atomic E-state index is 13.0. The van der Waals surface area contributed by atoms with Gasteiger partial charge in [0, 0.05) is 0 Å². The van der Waals surface area contributed by atoms with Crippen LogP contribution < -0.4 is 10.1 Å². The molecule has 0 aliphatic heterocycles. The maximum atomic E-state index is 13.0. The Kier molecular flexibility index (Phi) is 6.36. The summed E-state index contributed by atoms with van der Waals surface area (Å²) in [5.74, 6) is -0.720. The summed E-state index contributed by atoms with van der Waals surface area (Å²) in [5.41, 5.74) is 0. The number of hydrogen-bond acceptors (Lipinski definition) is 5. The van der Waals surface area contributed by atoms with Gasteiger partial charge < -0.3 is 19.2 Å². The van der Waals surface area contributed by atoms with E-state index in [-0.39, 0.29) is 6.54 Å². The lowest BCUT2D eigenvalue weighted by molar-refractivity contribution is -0.156. The number of carbonyl (C=O) groups is 2. The van der Waals surface area contributed by atoms with Gasteiger partial charge in [-0.1, -0.05) is 0 Å². The van der Waals surface area contributed by atoms with Gasteiger partial charge in [0.2, 0.25) is 0 Å². The second-order valence-corrected chi connectivity index (χ2v) is 5.65. The van der Waals surface area contributed by atoms with E-state index >= 15 is 0 Å². The van der Waals surface area contributed by atoms with Gasteiger partial charge in [-0.25, -0.2) is 9.18 Å². The van der Waals surface area contributed by atoms with E-state index in [1.165, 1.54) is 31.4 Å². The number of ether oxygens (including phenoxy) is 2. The average Bonchev–Trinajstić information content (AvgIpc) is 3.05. The summed E-state index contributed by atoms with van der Waals surface area (Å²) in [6.07, 6.45) is 0.517. The number of esters is 1. The zero-order valence-electron chi connectivity index (χ0n) is 12.8. The Bertz CT molecular complexity index is 704. The first-order valence-electron chi connectivity index (χ1n) is 7.03. The highest BCUT2D eigenvalue weighted by Crippen LogP contribution is 2.25. The molecule has 0 saturated heterocycles. The fourth-order valence-corrected chi connectivity index (χ4v) is 2.21. The van der Waals surface area contributed by atoms with Gasteiger partial charge in [-0.15, -0.1) is 0 Å². The first-order chi connectivity index (χ1) is 11.5. The van der Waals surface area contributed by atoms with Crippen molar-refractivity contribution in [3.8, 4) is 5.75 Å². The van der Waals surface area contributed by atoms with Crippen LogP contribution in [0.4, 0.5) is 4.39 Å². The lowest BCUT2D eigenvalue weighted by Gasteiger charge is -2.13. The molecule has 24 heavy (non-hydrogen) atoms. The molecule has 1 aromatic carbocycles. The second kappa shape index (κ2) is 8.49. The molecular formula is C16H15BrFNO5. The van der Waals surface area contributed by atoms with Crippen molar-refractivity contribution < 1.29 is 27.9 Å². The molecule has 0 aliphatic carbocycles. The maximum Gasteiger partial charge on any atom is 0.344 e. The van der Waals surface area contributed by atoms with Crippen molar-refractivity contribution in [3.05, 3.63) is 52.6 Å². The van der Waals surface area contributed by atoms with Gasteiger partial charge in [0.05, 0.1) is 17.3 Å². The van der Waals surface area contributed by atoms with Gasteiger partial charge in [-0.3, -0.25) is 4.79 Å². The molecule has 1 heterocycles. The summed E-state index contributed by atoms with van der Waals surface area (Å²) in [6, 6.07) is 7.22. The Balaban J connectivity index is 1.75. The first kappa shape index (κ1) is 18.0. The third-order valence-corrected chi connectivity index (χ3v) is 3.55. The number of amides is 1. The average molecular weight is 400 g/mol. The predicted octanol–water partition coefficient (Wildman–Crippen LogP) is 2.81. The van der Waals surface area contributed by atoms with Crippen molar-refractivity contribution in [2.45, 2.75) is 19.6 Å². The molecule has 0 unspecified atom stereocenters. The number of carbonyl (C=O) groups excluding carboxylic acids is 2. The predicted molar refractivity (Wildman–Crippen MR) is 85.7 cm³/mol. The zero-order valence-corrected chi connectivity index (χ0v) is 14.3. The van der Waals surface area contributed by atoms with E-state index < -0.39 is 30.4 Å². The van der Waals surface area contributed by atoms with Crippen molar-refractivity contribution >= 4 is 27.8 Å². The van der Waals surface area contributed by atoms with Gasteiger partial charge in [0.15, 0.2) is 12.7 Å². The highest BCUT2D eigenvalue weighted by molar-refractivity contribution is 9.10. The molecule has 2 rings (SSSR count). The van der Waals surface area contributed by atoms with Crippen LogP contribution in [-0.2, 0) is 20.9 Å². The summed E-state index contributed by atoms with van der Waals surface area (Å²) in [7, 11) is 0. The van der Waals surface area contributed by atoms with Crippen LogP contribution in [0.5, 0.6) is 5.75 Å². The minimum absolute atomic E-state index is 0.201. The Hall–Kier alpha value is -2.35. The molecule has 2 aromatic rings. The third kappa shape index (κ3) is 5.38. The Morgan fingerprint density at radius 1 is 1.38 bits per heavy atom. The minimum Gasteiger partial charge on any atom is -0.481 e. The standard InChI is InChI=1S/C16H15BrFNO5/c1-10(16(21)19-8-12-3-2-6-22-12)24-15(20)9-23-14-5-4-11(18)7-13(14)17/h2-7,10H,8-9H2,1H3,(H,19,21)/t10-/m0/s1. The van der Waals surface area contributed by atoms with Crippen LogP contribution in [0, 0.1) is 5.82 Å². The smallest absolute Gasteiger partial charge is 0.344 e. The van der Waals surface area contributed by atoms with Crippen LogP contribution in [0.1, 0.15) is 12.7 Å². The van der Waals surface area contributed by atoms with Crippen molar-refractivity contribution in [1.29, 1.82) is 0 Å². The van der Waals surface area contributed by atoms with Gasteiger partial charge in [0.25, 0.3) is 5.91 Å². The number of rotatable bonds is 7. The van der Waals surface area contributed by atoms with E-state index in [1.807, 2.05) is 0 Å².